The molecule has 4 aromatic rings. The molecular formula is C35H42N6O4. The number of hydrogen-bond acceptors (Lipinski definition) is 6. The van der Waals surface area contributed by atoms with Gasteiger partial charge in [0.25, 0.3) is 0 Å². The molecule has 0 radical (unpaired) electrons. The van der Waals surface area contributed by atoms with Crippen molar-refractivity contribution in [3.63, 3.8) is 0 Å². The van der Waals surface area contributed by atoms with Gasteiger partial charge in [0, 0.05) is 19.3 Å². The van der Waals surface area contributed by atoms with Crippen LogP contribution in [0.25, 0.3) is 10.8 Å². The molecule has 0 aliphatic carbocycles. The first-order valence-electron chi connectivity index (χ1n) is 15.5. The van der Waals surface area contributed by atoms with Crippen molar-refractivity contribution >= 4 is 34.2 Å². The fourth-order valence-corrected chi connectivity index (χ4v) is 5.36. The lowest BCUT2D eigenvalue weighted by Crippen LogP contribution is -2.57. The van der Waals surface area contributed by atoms with Crippen molar-refractivity contribution in [3.05, 3.63) is 96.3 Å². The van der Waals surface area contributed by atoms with Crippen LogP contribution in [0.1, 0.15) is 43.7 Å². The molecule has 1 aromatic heterocycles. The summed E-state index contributed by atoms with van der Waals surface area (Å²) in [4.78, 5) is 42.1. The van der Waals surface area contributed by atoms with E-state index in [4.69, 9.17) is 4.74 Å². The molecular weight excluding hydrogens is 568 g/mol. The maximum atomic E-state index is 13.7. The van der Waals surface area contributed by atoms with Gasteiger partial charge in [0.2, 0.25) is 17.7 Å². The number of carbonyl (C=O) groups is 3. The lowest BCUT2D eigenvalue weighted by Gasteiger charge is -2.26. The summed E-state index contributed by atoms with van der Waals surface area (Å²) in [6.07, 6.45) is 5.28. The highest BCUT2D eigenvalue weighted by Gasteiger charge is 2.31. The van der Waals surface area contributed by atoms with E-state index in [0.29, 0.717) is 18.8 Å². The van der Waals surface area contributed by atoms with E-state index < -0.39 is 23.4 Å². The molecule has 1 aliphatic rings. The van der Waals surface area contributed by atoms with Gasteiger partial charge in [0.15, 0.2) is 0 Å². The van der Waals surface area contributed by atoms with Crippen molar-refractivity contribution < 1.29 is 19.1 Å². The first-order chi connectivity index (χ1) is 21.7. The molecule has 3 N–H and O–H groups in total. The fraction of sp³-hybridized carbons (Fsp3) is 0.371. The second-order valence-electron chi connectivity index (χ2n) is 12.0. The molecule has 1 aliphatic heterocycles. The number of carbonyl (C=O) groups excluding carboxylic acids is 3. The first kappa shape index (κ1) is 31.9. The average molecular weight is 611 g/mol. The zero-order chi connectivity index (χ0) is 31.8. The number of rotatable bonds is 13. The fourth-order valence-electron chi connectivity index (χ4n) is 5.36. The van der Waals surface area contributed by atoms with E-state index in [9.17, 15) is 14.4 Å². The van der Waals surface area contributed by atoms with Gasteiger partial charge in [-0.05, 0) is 55.6 Å². The summed E-state index contributed by atoms with van der Waals surface area (Å²) < 4.78 is 7.53. The maximum Gasteiger partial charge on any atom is 0.249 e. The van der Waals surface area contributed by atoms with E-state index in [1.165, 1.54) is 0 Å². The molecule has 2 heterocycles. The van der Waals surface area contributed by atoms with E-state index >= 15 is 0 Å². The number of likely N-dealkylation sites (tertiary alicyclic amines) is 1. The third-order valence-electron chi connectivity index (χ3n) is 8.37. The molecule has 2 atom stereocenters. The topological polar surface area (TPSA) is 118 Å². The van der Waals surface area contributed by atoms with Gasteiger partial charge < -0.3 is 25.6 Å². The average Bonchev–Trinajstić information content (AvgIpc) is 3.76. The second-order valence-corrected chi connectivity index (χ2v) is 12.0. The highest BCUT2D eigenvalue weighted by Crippen LogP contribution is 2.27. The number of nitrogens with one attached hydrogen (secondary N) is 3. The van der Waals surface area contributed by atoms with Crippen LogP contribution in [0.15, 0.2) is 85.2 Å². The quantitative estimate of drug-likeness (QED) is 0.210. The van der Waals surface area contributed by atoms with E-state index in [0.717, 1.165) is 47.8 Å². The zero-order valence-electron chi connectivity index (χ0n) is 26.2. The van der Waals surface area contributed by atoms with Crippen LogP contribution in [-0.2, 0) is 32.3 Å². The SMILES string of the molecule is CNC(C)(C)C(=O)NC(COCc1ccccc1)C(=O)Nc1cnn(CC(C(=O)N2CCCC2)c2ccc3ccccc3c2)c1. The third-order valence-corrected chi connectivity index (χ3v) is 8.37. The summed E-state index contributed by atoms with van der Waals surface area (Å²) in [5, 5.41) is 15.3. The predicted molar refractivity (Wildman–Crippen MR) is 175 cm³/mol. The van der Waals surface area contributed by atoms with Gasteiger partial charge >= 0.3 is 0 Å². The molecule has 10 heteroatoms. The Labute approximate surface area is 264 Å². The third kappa shape index (κ3) is 8.14. The van der Waals surface area contributed by atoms with Crippen molar-refractivity contribution in [2.45, 2.75) is 57.3 Å². The molecule has 236 valence electrons. The Morgan fingerprint density at radius 2 is 1.67 bits per heavy atom. The number of amides is 3. The number of aromatic nitrogens is 2. The second kappa shape index (κ2) is 14.5. The number of likely N-dealkylation sites (N-methyl/N-ethyl adjacent to an activating group) is 1. The van der Waals surface area contributed by atoms with Crippen molar-refractivity contribution in [1.29, 1.82) is 0 Å². The monoisotopic (exact) mass is 610 g/mol. The predicted octanol–water partition coefficient (Wildman–Crippen LogP) is 4.08. The Bertz CT molecular complexity index is 1610. The molecule has 1 saturated heterocycles. The number of ether oxygens (including phenoxy) is 1. The van der Waals surface area contributed by atoms with Gasteiger partial charge in [0.1, 0.15) is 6.04 Å². The Morgan fingerprint density at radius 3 is 2.40 bits per heavy atom. The minimum absolute atomic E-state index is 0.0191. The van der Waals surface area contributed by atoms with E-state index in [-0.39, 0.29) is 18.4 Å². The normalized spacial score (nSPS) is 14.7. The van der Waals surface area contributed by atoms with Crippen LogP contribution < -0.4 is 16.0 Å². The largest absolute Gasteiger partial charge is 0.374 e. The van der Waals surface area contributed by atoms with Crippen LogP contribution in [0, 0.1) is 0 Å². The lowest BCUT2D eigenvalue weighted by atomic mass is 9.95. The number of anilines is 1. The zero-order valence-corrected chi connectivity index (χ0v) is 26.2. The summed E-state index contributed by atoms with van der Waals surface area (Å²) in [5.74, 6) is -1.11. The Kier molecular flexibility index (Phi) is 10.3. The molecule has 1 fully saturated rings. The van der Waals surface area contributed by atoms with Gasteiger partial charge in [-0.15, -0.1) is 0 Å². The molecule has 0 bridgehead atoms. The number of benzene rings is 3. The summed E-state index contributed by atoms with van der Waals surface area (Å²) in [7, 11) is 1.69. The van der Waals surface area contributed by atoms with Gasteiger partial charge in [-0.25, -0.2) is 0 Å². The summed E-state index contributed by atoms with van der Waals surface area (Å²) in [6.45, 7) is 5.59. The summed E-state index contributed by atoms with van der Waals surface area (Å²) in [6, 6.07) is 22.9. The van der Waals surface area contributed by atoms with Gasteiger partial charge in [0.05, 0.1) is 43.1 Å². The van der Waals surface area contributed by atoms with Crippen molar-refractivity contribution in [3.8, 4) is 0 Å². The molecule has 45 heavy (non-hydrogen) atoms. The Balaban J connectivity index is 1.30. The summed E-state index contributed by atoms with van der Waals surface area (Å²) in [5.41, 5.74) is 1.46. The lowest BCUT2D eigenvalue weighted by molar-refractivity contribution is -0.132. The maximum absolute atomic E-state index is 13.7. The van der Waals surface area contributed by atoms with Crippen LogP contribution in [0.4, 0.5) is 5.69 Å². The number of hydrogen-bond donors (Lipinski definition) is 3. The molecule has 0 spiro atoms. The van der Waals surface area contributed by atoms with E-state index in [2.05, 4.69) is 33.2 Å². The molecule has 10 nitrogen and oxygen atoms in total. The molecule has 0 saturated carbocycles. The van der Waals surface area contributed by atoms with Gasteiger partial charge in [-0.1, -0.05) is 72.8 Å². The molecule has 3 aromatic carbocycles. The Morgan fingerprint density at radius 1 is 0.956 bits per heavy atom. The van der Waals surface area contributed by atoms with Crippen LogP contribution in [0.3, 0.4) is 0 Å². The molecule has 3 amide bonds. The first-order valence-corrected chi connectivity index (χ1v) is 15.5. The standard InChI is InChI=1S/C35H42N6O4/c1-35(2,36-3)34(44)39-31(24-45-23-25-11-5-4-6-12-25)32(42)38-29-20-37-41(21-29)22-30(33(43)40-17-9-10-18-40)28-16-15-26-13-7-8-14-27(26)19-28/h4-8,11-16,19-21,30-31,36H,9-10,17-18,22-24H2,1-3H3,(H,38,42)(H,39,44). The van der Waals surface area contributed by atoms with Crippen LogP contribution in [0.2, 0.25) is 0 Å². The van der Waals surface area contributed by atoms with Crippen molar-refractivity contribution in [1.82, 2.24) is 25.3 Å². The highest BCUT2D eigenvalue weighted by molar-refractivity contribution is 5.98. The smallest absolute Gasteiger partial charge is 0.249 e. The van der Waals surface area contributed by atoms with E-state index in [1.54, 1.807) is 38.0 Å². The van der Waals surface area contributed by atoms with Crippen LogP contribution >= 0.6 is 0 Å². The Hall–Kier alpha value is -4.54. The van der Waals surface area contributed by atoms with Crippen molar-refractivity contribution in [2.24, 2.45) is 0 Å². The van der Waals surface area contributed by atoms with E-state index in [1.807, 2.05) is 65.6 Å². The molecule has 5 rings (SSSR count). The number of fused-ring (bicyclic) bond motifs is 1. The van der Waals surface area contributed by atoms with Crippen LogP contribution in [0.5, 0.6) is 0 Å². The minimum Gasteiger partial charge on any atom is -0.374 e. The highest BCUT2D eigenvalue weighted by atomic mass is 16.5. The number of nitrogens with zero attached hydrogens (tertiary/aromatic N) is 3. The van der Waals surface area contributed by atoms with Crippen molar-refractivity contribution in [2.75, 3.05) is 32.1 Å². The van der Waals surface area contributed by atoms with Crippen LogP contribution in [-0.4, -0.2) is 70.7 Å². The summed E-state index contributed by atoms with van der Waals surface area (Å²) >= 11 is 0. The minimum atomic E-state index is -0.945. The van der Waals surface area contributed by atoms with Gasteiger partial charge in [-0.3, -0.25) is 19.1 Å². The van der Waals surface area contributed by atoms with Gasteiger partial charge in [-0.2, -0.15) is 5.10 Å². The molecule has 2 unspecified atom stereocenters.